The Kier molecular flexibility index (Phi) is 6.63. The Morgan fingerprint density at radius 1 is 1.30 bits per heavy atom. The van der Waals surface area contributed by atoms with Gasteiger partial charge in [-0.2, -0.15) is 0 Å². The summed E-state index contributed by atoms with van der Waals surface area (Å²) >= 11 is 0. The lowest BCUT2D eigenvalue weighted by atomic mass is 10.1. The highest BCUT2D eigenvalue weighted by Crippen LogP contribution is 2.19. The Hall–Kier alpha value is -1.84. The number of carbonyl (C=O) groups excluding carboxylic acids is 2. The Balaban J connectivity index is 1.81. The summed E-state index contributed by atoms with van der Waals surface area (Å²) in [5, 5.41) is 3.09. The second-order valence-corrected chi connectivity index (χ2v) is 6.43. The average molecular weight is 316 g/mol. The van der Waals surface area contributed by atoms with Crippen LogP contribution in [0.1, 0.15) is 51.5 Å². The van der Waals surface area contributed by atoms with Crippen molar-refractivity contribution in [1.29, 1.82) is 0 Å². The quantitative estimate of drug-likeness (QED) is 0.841. The number of rotatable bonds is 7. The van der Waals surface area contributed by atoms with Crippen molar-refractivity contribution in [3.8, 4) is 0 Å². The van der Waals surface area contributed by atoms with Crippen LogP contribution in [0.3, 0.4) is 0 Å². The molecule has 23 heavy (non-hydrogen) atoms. The summed E-state index contributed by atoms with van der Waals surface area (Å²) in [6.07, 6.45) is 4.93. The standard InChI is InChI=1S/C19H28N2O2/c1-3-8-18(22)21-14-7-11-17(21)19(23)20-15(2)12-13-16-9-5-4-6-10-16/h4-6,9-10,15,17H,3,7-8,11-14H2,1-2H3,(H,20,23)/t15-,17-/m1/s1. The molecular weight excluding hydrogens is 288 g/mol. The summed E-state index contributed by atoms with van der Waals surface area (Å²) in [6, 6.07) is 10.1. The lowest BCUT2D eigenvalue weighted by Crippen LogP contribution is -2.48. The first-order valence-electron chi connectivity index (χ1n) is 8.75. The topological polar surface area (TPSA) is 49.4 Å². The fraction of sp³-hybridized carbons (Fsp3) is 0.579. The number of hydrogen-bond donors (Lipinski definition) is 1. The minimum Gasteiger partial charge on any atom is -0.352 e. The summed E-state index contributed by atoms with van der Waals surface area (Å²) in [5.74, 6) is 0.120. The van der Waals surface area contributed by atoms with Gasteiger partial charge in [0.25, 0.3) is 0 Å². The lowest BCUT2D eigenvalue weighted by Gasteiger charge is -2.25. The zero-order valence-corrected chi connectivity index (χ0v) is 14.3. The van der Waals surface area contributed by atoms with E-state index in [0.29, 0.717) is 6.42 Å². The summed E-state index contributed by atoms with van der Waals surface area (Å²) in [5.41, 5.74) is 1.29. The first-order valence-corrected chi connectivity index (χ1v) is 8.75. The molecule has 4 nitrogen and oxygen atoms in total. The summed E-state index contributed by atoms with van der Waals surface area (Å²) in [4.78, 5) is 26.4. The molecule has 0 unspecified atom stereocenters. The summed E-state index contributed by atoms with van der Waals surface area (Å²) in [6.45, 7) is 4.75. The maximum absolute atomic E-state index is 12.5. The number of amides is 2. The highest BCUT2D eigenvalue weighted by Gasteiger charge is 2.33. The van der Waals surface area contributed by atoms with Gasteiger partial charge in [-0.3, -0.25) is 9.59 Å². The molecule has 1 heterocycles. The monoisotopic (exact) mass is 316 g/mol. The fourth-order valence-corrected chi connectivity index (χ4v) is 3.13. The number of nitrogens with one attached hydrogen (secondary N) is 1. The van der Waals surface area contributed by atoms with Crippen LogP contribution in [0.2, 0.25) is 0 Å². The first-order chi connectivity index (χ1) is 11.1. The maximum atomic E-state index is 12.5. The molecular formula is C19H28N2O2. The van der Waals surface area contributed by atoms with Crippen LogP contribution in [0.25, 0.3) is 0 Å². The predicted octanol–water partition coefficient (Wildman–Crippen LogP) is 2.92. The molecule has 0 bridgehead atoms. The molecule has 1 N–H and O–H groups in total. The number of benzene rings is 1. The third-order valence-corrected chi connectivity index (χ3v) is 4.44. The van der Waals surface area contributed by atoms with Gasteiger partial charge < -0.3 is 10.2 Å². The van der Waals surface area contributed by atoms with E-state index in [-0.39, 0.29) is 23.9 Å². The van der Waals surface area contributed by atoms with Gasteiger partial charge in [0.2, 0.25) is 11.8 Å². The molecule has 2 atom stereocenters. The van der Waals surface area contributed by atoms with Crippen molar-refractivity contribution in [2.75, 3.05) is 6.54 Å². The van der Waals surface area contributed by atoms with Gasteiger partial charge in [0.1, 0.15) is 6.04 Å². The molecule has 1 aliphatic rings. The van der Waals surface area contributed by atoms with Crippen molar-refractivity contribution in [1.82, 2.24) is 10.2 Å². The molecule has 0 saturated carbocycles. The Bertz CT molecular complexity index is 515. The van der Waals surface area contributed by atoms with Crippen molar-refractivity contribution >= 4 is 11.8 Å². The van der Waals surface area contributed by atoms with E-state index in [1.165, 1.54) is 5.56 Å². The van der Waals surface area contributed by atoms with Crippen LogP contribution in [0.15, 0.2) is 30.3 Å². The van der Waals surface area contributed by atoms with Gasteiger partial charge in [-0.15, -0.1) is 0 Å². The van der Waals surface area contributed by atoms with Crippen molar-refractivity contribution in [3.05, 3.63) is 35.9 Å². The van der Waals surface area contributed by atoms with Crippen LogP contribution in [-0.2, 0) is 16.0 Å². The molecule has 0 radical (unpaired) electrons. The summed E-state index contributed by atoms with van der Waals surface area (Å²) in [7, 11) is 0. The van der Waals surface area contributed by atoms with E-state index in [4.69, 9.17) is 0 Å². The minimum atomic E-state index is -0.270. The van der Waals surface area contributed by atoms with Crippen LogP contribution in [0.5, 0.6) is 0 Å². The second kappa shape index (κ2) is 8.70. The van der Waals surface area contributed by atoms with Crippen molar-refractivity contribution in [2.45, 2.75) is 64.5 Å². The van der Waals surface area contributed by atoms with Gasteiger partial charge in [-0.25, -0.2) is 0 Å². The molecule has 1 fully saturated rings. The molecule has 1 saturated heterocycles. The molecule has 0 aromatic heterocycles. The van der Waals surface area contributed by atoms with Crippen LogP contribution >= 0.6 is 0 Å². The average Bonchev–Trinajstić information content (AvgIpc) is 3.04. The molecule has 1 aromatic carbocycles. The zero-order chi connectivity index (χ0) is 16.7. The maximum Gasteiger partial charge on any atom is 0.243 e. The zero-order valence-electron chi connectivity index (χ0n) is 14.3. The Morgan fingerprint density at radius 2 is 2.04 bits per heavy atom. The van der Waals surface area contributed by atoms with E-state index in [0.717, 1.165) is 38.6 Å². The van der Waals surface area contributed by atoms with Crippen molar-refractivity contribution in [3.63, 3.8) is 0 Å². The number of nitrogens with zero attached hydrogens (tertiary/aromatic N) is 1. The van der Waals surface area contributed by atoms with E-state index in [9.17, 15) is 9.59 Å². The number of carbonyl (C=O) groups is 2. The predicted molar refractivity (Wildman–Crippen MR) is 92.0 cm³/mol. The van der Waals surface area contributed by atoms with Gasteiger partial charge in [-0.05, 0) is 44.6 Å². The SMILES string of the molecule is CCCC(=O)N1CCC[C@@H]1C(=O)N[C@H](C)CCc1ccccc1. The fourth-order valence-electron chi connectivity index (χ4n) is 3.13. The number of likely N-dealkylation sites (tertiary alicyclic amines) is 1. The van der Waals surface area contributed by atoms with Gasteiger partial charge in [0.05, 0.1) is 0 Å². The van der Waals surface area contributed by atoms with Crippen LogP contribution in [-0.4, -0.2) is 35.3 Å². The third-order valence-electron chi connectivity index (χ3n) is 4.44. The third kappa shape index (κ3) is 5.08. The second-order valence-electron chi connectivity index (χ2n) is 6.43. The highest BCUT2D eigenvalue weighted by atomic mass is 16.2. The smallest absolute Gasteiger partial charge is 0.243 e. The molecule has 0 aliphatic carbocycles. The van der Waals surface area contributed by atoms with Crippen molar-refractivity contribution < 1.29 is 9.59 Å². The number of aryl methyl sites for hydroxylation is 1. The van der Waals surface area contributed by atoms with Crippen molar-refractivity contribution in [2.24, 2.45) is 0 Å². The summed E-state index contributed by atoms with van der Waals surface area (Å²) < 4.78 is 0. The first kappa shape index (κ1) is 17.5. The molecule has 1 aromatic rings. The number of hydrogen-bond acceptors (Lipinski definition) is 2. The molecule has 126 valence electrons. The van der Waals surface area contributed by atoms with E-state index >= 15 is 0 Å². The van der Waals surface area contributed by atoms with E-state index < -0.39 is 0 Å². The Labute approximate surface area is 139 Å². The van der Waals surface area contributed by atoms with Gasteiger partial charge in [0, 0.05) is 19.0 Å². The van der Waals surface area contributed by atoms with E-state index in [1.807, 2.05) is 32.0 Å². The van der Waals surface area contributed by atoms with E-state index in [2.05, 4.69) is 17.4 Å². The van der Waals surface area contributed by atoms with E-state index in [1.54, 1.807) is 4.90 Å². The highest BCUT2D eigenvalue weighted by molar-refractivity contribution is 5.88. The van der Waals surface area contributed by atoms with Crippen LogP contribution in [0, 0.1) is 0 Å². The lowest BCUT2D eigenvalue weighted by molar-refractivity contribution is -0.138. The molecule has 2 rings (SSSR count). The minimum absolute atomic E-state index is 0.00696. The largest absolute Gasteiger partial charge is 0.352 e. The Morgan fingerprint density at radius 3 is 2.74 bits per heavy atom. The van der Waals surface area contributed by atoms with Gasteiger partial charge in [0.15, 0.2) is 0 Å². The molecule has 1 aliphatic heterocycles. The molecule has 4 heteroatoms. The molecule has 0 spiro atoms. The van der Waals surface area contributed by atoms with Gasteiger partial charge >= 0.3 is 0 Å². The van der Waals surface area contributed by atoms with Crippen LogP contribution in [0.4, 0.5) is 0 Å². The van der Waals surface area contributed by atoms with Crippen LogP contribution < -0.4 is 5.32 Å². The normalized spacial score (nSPS) is 18.7. The van der Waals surface area contributed by atoms with Gasteiger partial charge in [-0.1, -0.05) is 37.3 Å². The molecule has 2 amide bonds.